The van der Waals surface area contributed by atoms with E-state index in [2.05, 4.69) is 4.90 Å². The lowest BCUT2D eigenvalue weighted by atomic mass is 10.2. The number of nitrogen functional groups attached to an aromatic ring is 1. The number of ether oxygens (including phenoxy) is 1. The van der Waals surface area contributed by atoms with Crippen LogP contribution >= 0.6 is 11.3 Å². The SMILES string of the molecule is CCOC(=O)c1sc(N2CCN(C)CC2)c(C(N)=O)c1N. The van der Waals surface area contributed by atoms with Crippen LogP contribution in [0.5, 0.6) is 0 Å². The Morgan fingerprint density at radius 2 is 1.90 bits per heavy atom. The zero-order valence-electron chi connectivity index (χ0n) is 12.2. The lowest BCUT2D eigenvalue weighted by Crippen LogP contribution is -2.44. The van der Waals surface area contributed by atoms with E-state index in [1.165, 1.54) is 11.3 Å². The van der Waals surface area contributed by atoms with Crippen molar-refractivity contribution in [1.82, 2.24) is 4.90 Å². The maximum absolute atomic E-state index is 11.9. The molecule has 0 bridgehead atoms. The van der Waals surface area contributed by atoms with Crippen LogP contribution in [0.4, 0.5) is 10.7 Å². The molecule has 0 aliphatic carbocycles. The maximum Gasteiger partial charge on any atom is 0.350 e. The van der Waals surface area contributed by atoms with Crippen molar-refractivity contribution in [2.45, 2.75) is 6.92 Å². The second-order valence-corrected chi connectivity index (χ2v) is 5.90. The van der Waals surface area contributed by atoms with E-state index in [9.17, 15) is 9.59 Å². The number of hydrogen-bond acceptors (Lipinski definition) is 7. The average molecular weight is 312 g/mol. The Morgan fingerprint density at radius 1 is 1.29 bits per heavy atom. The first-order valence-electron chi connectivity index (χ1n) is 6.78. The highest BCUT2D eigenvalue weighted by atomic mass is 32.1. The zero-order chi connectivity index (χ0) is 15.6. The molecule has 1 aromatic heterocycles. The topological polar surface area (TPSA) is 102 Å². The largest absolute Gasteiger partial charge is 0.462 e. The predicted octanol–water partition coefficient (Wildman–Crippen LogP) is 0.358. The van der Waals surface area contributed by atoms with Crippen molar-refractivity contribution >= 4 is 33.9 Å². The summed E-state index contributed by atoms with van der Waals surface area (Å²) in [4.78, 5) is 28.1. The van der Waals surface area contributed by atoms with Crippen LogP contribution in [0.1, 0.15) is 27.0 Å². The lowest BCUT2D eigenvalue weighted by molar-refractivity contribution is 0.0533. The van der Waals surface area contributed by atoms with E-state index in [0.29, 0.717) is 5.00 Å². The van der Waals surface area contributed by atoms with E-state index in [0.717, 1.165) is 26.2 Å². The highest BCUT2D eigenvalue weighted by molar-refractivity contribution is 7.19. The molecular weight excluding hydrogens is 292 g/mol. The first-order chi connectivity index (χ1) is 9.95. The molecule has 116 valence electrons. The first-order valence-corrected chi connectivity index (χ1v) is 7.60. The number of likely N-dealkylation sites (N-methyl/N-ethyl adjacent to an activating group) is 1. The monoisotopic (exact) mass is 312 g/mol. The molecule has 1 aliphatic rings. The quantitative estimate of drug-likeness (QED) is 0.778. The predicted molar refractivity (Wildman–Crippen MR) is 82.9 cm³/mol. The number of carbonyl (C=O) groups excluding carboxylic acids is 2. The number of nitrogens with zero attached hydrogens (tertiary/aromatic N) is 2. The molecule has 1 amide bonds. The van der Waals surface area contributed by atoms with Gasteiger partial charge in [0.15, 0.2) is 0 Å². The van der Waals surface area contributed by atoms with Gasteiger partial charge in [0.25, 0.3) is 5.91 Å². The van der Waals surface area contributed by atoms with Crippen LogP contribution in [0.3, 0.4) is 0 Å². The fourth-order valence-corrected chi connectivity index (χ4v) is 3.42. The molecule has 8 heteroatoms. The molecule has 21 heavy (non-hydrogen) atoms. The van der Waals surface area contributed by atoms with Gasteiger partial charge in [0.1, 0.15) is 9.88 Å². The van der Waals surface area contributed by atoms with Crippen molar-refractivity contribution < 1.29 is 14.3 Å². The van der Waals surface area contributed by atoms with Gasteiger partial charge in [-0.15, -0.1) is 11.3 Å². The summed E-state index contributed by atoms with van der Waals surface area (Å²) in [7, 11) is 2.04. The molecule has 0 unspecified atom stereocenters. The van der Waals surface area contributed by atoms with Crippen LogP contribution in [0, 0.1) is 0 Å². The van der Waals surface area contributed by atoms with Crippen molar-refractivity contribution in [2.24, 2.45) is 5.73 Å². The Balaban J connectivity index is 2.38. The average Bonchev–Trinajstić information content (AvgIpc) is 2.77. The Hall–Kier alpha value is -1.80. The molecule has 7 nitrogen and oxygen atoms in total. The highest BCUT2D eigenvalue weighted by Crippen LogP contribution is 2.38. The maximum atomic E-state index is 11.9. The Bertz CT molecular complexity index is 550. The number of carbonyl (C=O) groups is 2. The molecule has 0 saturated carbocycles. The molecule has 0 atom stereocenters. The number of primary amides is 1. The normalized spacial score (nSPS) is 16.0. The van der Waals surface area contributed by atoms with Crippen LogP contribution in [-0.2, 0) is 4.74 Å². The summed E-state index contributed by atoms with van der Waals surface area (Å²) in [6.07, 6.45) is 0. The summed E-state index contributed by atoms with van der Waals surface area (Å²) in [5, 5.41) is 0.663. The summed E-state index contributed by atoms with van der Waals surface area (Å²) < 4.78 is 4.97. The van der Waals surface area contributed by atoms with Crippen LogP contribution < -0.4 is 16.4 Å². The summed E-state index contributed by atoms with van der Waals surface area (Å²) >= 11 is 1.18. The Labute approximate surface area is 127 Å². The first kappa shape index (κ1) is 15.6. The minimum atomic E-state index is -0.617. The minimum absolute atomic E-state index is 0.125. The van der Waals surface area contributed by atoms with Gasteiger partial charge in [0.05, 0.1) is 17.9 Å². The van der Waals surface area contributed by atoms with E-state index in [1.807, 2.05) is 11.9 Å². The molecule has 2 rings (SSSR count). The fraction of sp³-hybridized carbons (Fsp3) is 0.538. The number of anilines is 2. The molecule has 1 fully saturated rings. The van der Waals surface area contributed by atoms with Crippen molar-refractivity contribution in [3.05, 3.63) is 10.4 Å². The second-order valence-electron chi connectivity index (χ2n) is 4.90. The van der Waals surface area contributed by atoms with Crippen molar-refractivity contribution in [1.29, 1.82) is 0 Å². The molecule has 0 spiro atoms. The second kappa shape index (κ2) is 6.31. The third-order valence-electron chi connectivity index (χ3n) is 3.42. The van der Waals surface area contributed by atoms with Gasteiger partial charge in [-0.1, -0.05) is 0 Å². The van der Waals surface area contributed by atoms with Crippen LogP contribution in [0.15, 0.2) is 0 Å². The summed E-state index contributed by atoms with van der Waals surface area (Å²) in [5.74, 6) is -1.13. The summed E-state index contributed by atoms with van der Waals surface area (Å²) in [6.45, 7) is 5.26. The van der Waals surface area contributed by atoms with Crippen molar-refractivity contribution in [2.75, 3.05) is 50.5 Å². The fourth-order valence-electron chi connectivity index (χ4n) is 2.25. The van der Waals surface area contributed by atoms with Crippen LogP contribution in [-0.4, -0.2) is 56.6 Å². The van der Waals surface area contributed by atoms with E-state index < -0.39 is 11.9 Å². The molecular formula is C13H20N4O3S. The smallest absolute Gasteiger partial charge is 0.350 e. The van der Waals surface area contributed by atoms with Gasteiger partial charge < -0.3 is 26.0 Å². The molecule has 0 radical (unpaired) electrons. The van der Waals surface area contributed by atoms with Gasteiger partial charge in [-0.25, -0.2) is 4.79 Å². The van der Waals surface area contributed by atoms with Gasteiger partial charge in [-0.2, -0.15) is 0 Å². The van der Waals surface area contributed by atoms with E-state index in [4.69, 9.17) is 16.2 Å². The molecule has 1 aromatic rings. The van der Waals surface area contributed by atoms with Crippen molar-refractivity contribution in [3.8, 4) is 0 Å². The number of piperazine rings is 1. The van der Waals surface area contributed by atoms with Crippen molar-refractivity contribution in [3.63, 3.8) is 0 Å². The number of thiophene rings is 1. The Morgan fingerprint density at radius 3 is 2.43 bits per heavy atom. The Kier molecular flexibility index (Phi) is 4.69. The molecule has 1 aliphatic heterocycles. The zero-order valence-corrected chi connectivity index (χ0v) is 13.0. The van der Waals surface area contributed by atoms with E-state index in [-0.39, 0.29) is 22.7 Å². The third kappa shape index (κ3) is 3.11. The lowest BCUT2D eigenvalue weighted by Gasteiger charge is -2.33. The van der Waals surface area contributed by atoms with Gasteiger partial charge >= 0.3 is 5.97 Å². The van der Waals surface area contributed by atoms with E-state index in [1.54, 1.807) is 6.92 Å². The molecule has 4 N–H and O–H groups in total. The van der Waals surface area contributed by atoms with Gasteiger partial charge in [0.2, 0.25) is 0 Å². The summed E-state index contributed by atoms with van der Waals surface area (Å²) in [6, 6.07) is 0. The number of amides is 1. The molecule has 1 saturated heterocycles. The number of esters is 1. The molecule has 2 heterocycles. The van der Waals surface area contributed by atoms with Crippen LogP contribution in [0.25, 0.3) is 0 Å². The standard InChI is InChI=1S/C13H20N4O3S/c1-3-20-13(19)10-9(14)8(11(15)18)12(21-10)17-6-4-16(2)5-7-17/h3-7,14H2,1-2H3,(H2,15,18). The number of hydrogen-bond donors (Lipinski definition) is 2. The third-order valence-corrected chi connectivity index (χ3v) is 4.67. The van der Waals surface area contributed by atoms with Gasteiger partial charge in [-0.3, -0.25) is 4.79 Å². The summed E-state index contributed by atoms with van der Waals surface area (Å²) in [5.41, 5.74) is 11.7. The number of rotatable bonds is 4. The highest BCUT2D eigenvalue weighted by Gasteiger charge is 2.29. The van der Waals surface area contributed by atoms with Gasteiger partial charge in [-0.05, 0) is 14.0 Å². The van der Waals surface area contributed by atoms with Gasteiger partial charge in [0, 0.05) is 26.2 Å². The molecule has 0 aromatic carbocycles. The van der Waals surface area contributed by atoms with Crippen LogP contribution in [0.2, 0.25) is 0 Å². The minimum Gasteiger partial charge on any atom is -0.462 e. The van der Waals surface area contributed by atoms with E-state index >= 15 is 0 Å². The number of nitrogens with two attached hydrogens (primary N) is 2.